The van der Waals surface area contributed by atoms with E-state index in [0.717, 1.165) is 19.5 Å². The van der Waals surface area contributed by atoms with Crippen molar-refractivity contribution in [1.29, 1.82) is 0 Å². The van der Waals surface area contributed by atoms with Crippen molar-refractivity contribution in [2.45, 2.75) is 25.8 Å². The lowest BCUT2D eigenvalue weighted by Crippen LogP contribution is -2.52. The molecule has 2 heterocycles. The summed E-state index contributed by atoms with van der Waals surface area (Å²) in [6, 6.07) is 0.0661. The number of hydrogen-bond donors (Lipinski definition) is 1. The molecule has 2 N–H and O–H groups in total. The second kappa shape index (κ2) is 11.9. The van der Waals surface area contributed by atoms with Gasteiger partial charge in [-0.25, -0.2) is 0 Å². The SMILES string of the molecule is CC(N)CCC(=O)N1CCN(CC(=O)N2CCOCC2)CC1.Cl.Cl. The van der Waals surface area contributed by atoms with Crippen LogP contribution in [0.25, 0.3) is 0 Å². The molecule has 24 heavy (non-hydrogen) atoms. The molecule has 0 aromatic rings. The highest BCUT2D eigenvalue weighted by atomic mass is 35.5. The van der Waals surface area contributed by atoms with Gasteiger partial charge in [-0.2, -0.15) is 0 Å². The van der Waals surface area contributed by atoms with Crippen LogP contribution in [0.2, 0.25) is 0 Å². The van der Waals surface area contributed by atoms with Crippen LogP contribution >= 0.6 is 24.8 Å². The molecule has 1 unspecified atom stereocenters. The van der Waals surface area contributed by atoms with Gasteiger partial charge < -0.3 is 20.3 Å². The van der Waals surface area contributed by atoms with E-state index in [-0.39, 0.29) is 42.7 Å². The topological polar surface area (TPSA) is 79.1 Å². The van der Waals surface area contributed by atoms with Crippen LogP contribution in [0.15, 0.2) is 0 Å². The van der Waals surface area contributed by atoms with Crippen LogP contribution in [0.3, 0.4) is 0 Å². The molecule has 2 rings (SSSR count). The summed E-state index contributed by atoms with van der Waals surface area (Å²) in [4.78, 5) is 30.1. The maximum absolute atomic E-state index is 12.2. The Kier molecular flexibility index (Phi) is 11.6. The maximum Gasteiger partial charge on any atom is 0.236 e. The van der Waals surface area contributed by atoms with E-state index in [1.165, 1.54) is 0 Å². The minimum absolute atomic E-state index is 0. The molecule has 142 valence electrons. The van der Waals surface area contributed by atoms with Crippen molar-refractivity contribution in [1.82, 2.24) is 14.7 Å². The van der Waals surface area contributed by atoms with Crippen LogP contribution in [0.4, 0.5) is 0 Å². The zero-order valence-corrected chi connectivity index (χ0v) is 15.9. The highest BCUT2D eigenvalue weighted by Gasteiger charge is 2.24. The normalized spacial score (nSPS) is 19.9. The van der Waals surface area contributed by atoms with E-state index in [4.69, 9.17) is 10.5 Å². The highest BCUT2D eigenvalue weighted by Crippen LogP contribution is 2.07. The zero-order valence-electron chi connectivity index (χ0n) is 14.3. The van der Waals surface area contributed by atoms with Gasteiger partial charge in [0.1, 0.15) is 0 Å². The molecule has 0 aliphatic carbocycles. The molecule has 2 amide bonds. The second-order valence-corrected chi connectivity index (χ2v) is 6.17. The molecule has 2 fully saturated rings. The first kappa shape index (κ1) is 23.4. The average molecular weight is 385 g/mol. The molecule has 0 spiro atoms. The predicted molar refractivity (Wildman–Crippen MR) is 97.8 cm³/mol. The van der Waals surface area contributed by atoms with Crippen LogP contribution in [0.1, 0.15) is 19.8 Å². The molecule has 0 saturated carbocycles. The zero-order chi connectivity index (χ0) is 15.9. The number of ether oxygens (including phenoxy) is 1. The Labute approximate surface area is 156 Å². The Balaban J connectivity index is 0.00000264. The van der Waals surface area contributed by atoms with E-state index in [2.05, 4.69) is 4.90 Å². The summed E-state index contributed by atoms with van der Waals surface area (Å²) in [7, 11) is 0. The van der Waals surface area contributed by atoms with E-state index in [1.54, 1.807) is 0 Å². The average Bonchev–Trinajstić information content (AvgIpc) is 2.54. The monoisotopic (exact) mass is 384 g/mol. The number of hydrogen-bond acceptors (Lipinski definition) is 5. The van der Waals surface area contributed by atoms with Gasteiger partial charge in [0.05, 0.1) is 19.8 Å². The number of carbonyl (C=O) groups excluding carboxylic acids is 2. The number of nitrogens with two attached hydrogens (primary N) is 1. The molecule has 7 nitrogen and oxygen atoms in total. The third-order valence-corrected chi connectivity index (χ3v) is 4.26. The fraction of sp³-hybridized carbons (Fsp3) is 0.867. The standard InChI is InChI=1S/C15H28N4O3.2ClH/c1-13(16)2-3-14(20)18-6-4-17(5-7-18)12-15(21)19-8-10-22-11-9-19;;/h13H,2-12,16H2,1H3;2*1H. The van der Waals surface area contributed by atoms with Crippen LogP contribution in [-0.4, -0.2) is 91.6 Å². The highest BCUT2D eigenvalue weighted by molar-refractivity contribution is 5.85. The number of carbonyl (C=O) groups is 2. The van der Waals surface area contributed by atoms with Gasteiger partial charge in [-0.1, -0.05) is 0 Å². The fourth-order valence-electron chi connectivity index (χ4n) is 2.77. The first-order chi connectivity index (χ1) is 10.6. The molecule has 9 heteroatoms. The summed E-state index contributed by atoms with van der Waals surface area (Å²) in [6.07, 6.45) is 1.25. The van der Waals surface area contributed by atoms with Crippen molar-refractivity contribution in [3.05, 3.63) is 0 Å². The second-order valence-electron chi connectivity index (χ2n) is 6.17. The quantitative estimate of drug-likeness (QED) is 0.719. The molecule has 0 aromatic heterocycles. The van der Waals surface area contributed by atoms with Crippen molar-refractivity contribution in [3.63, 3.8) is 0 Å². The Morgan fingerprint density at radius 3 is 2.04 bits per heavy atom. The smallest absolute Gasteiger partial charge is 0.236 e. The summed E-state index contributed by atoms with van der Waals surface area (Å²) in [5.41, 5.74) is 5.69. The van der Waals surface area contributed by atoms with E-state index < -0.39 is 0 Å². The summed E-state index contributed by atoms with van der Waals surface area (Å²) >= 11 is 0. The van der Waals surface area contributed by atoms with E-state index in [0.29, 0.717) is 52.4 Å². The van der Waals surface area contributed by atoms with Gasteiger partial charge in [-0.15, -0.1) is 24.8 Å². The Morgan fingerprint density at radius 1 is 0.958 bits per heavy atom. The van der Waals surface area contributed by atoms with Crippen molar-refractivity contribution in [2.24, 2.45) is 5.73 Å². The van der Waals surface area contributed by atoms with E-state index in [1.807, 2.05) is 16.7 Å². The van der Waals surface area contributed by atoms with Gasteiger partial charge in [0.25, 0.3) is 0 Å². The number of amides is 2. The maximum atomic E-state index is 12.2. The summed E-state index contributed by atoms with van der Waals surface area (Å²) in [5.74, 6) is 0.344. The molecular weight excluding hydrogens is 355 g/mol. The van der Waals surface area contributed by atoms with Gasteiger partial charge in [-0.3, -0.25) is 14.5 Å². The molecule has 0 aromatic carbocycles. The summed E-state index contributed by atoms with van der Waals surface area (Å²) < 4.78 is 5.26. The minimum atomic E-state index is 0. The third-order valence-electron chi connectivity index (χ3n) is 4.26. The Bertz CT molecular complexity index is 385. The number of halogens is 2. The van der Waals surface area contributed by atoms with Gasteiger partial charge in [0, 0.05) is 51.7 Å². The van der Waals surface area contributed by atoms with E-state index >= 15 is 0 Å². The first-order valence-electron chi connectivity index (χ1n) is 8.17. The summed E-state index contributed by atoms with van der Waals surface area (Å²) in [6.45, 7) is 7.94. The van der Waals surface area contributed by atoms with Crippen molar-refractivity contribution in [2.75, 3.05) is 59.0 Å². The number of rotatable bonds is 5. The predicted octanol–water partition coefficient (Wildman–Crippen LogP) is -0.0396. The van der Waals surface area contributed by atoms with Gasteiger partial charge in [0.15, 0.2) is 0 Å². The number of nitrogens with zero attached hydrogens (tertiary/aromatic N) is 3. The van der Waals surface area contributed by atoms with Gasteiger partial charge in [0.2, 0.25) is 11.8 Å². The lowest BCUT2D eigenvalue weighted by Gasteiger charge is -2.36. The van der Waals surface area contributed by atoms with Crippen molar-refractivity contribution >= 4 is 36.6 Å². The molecule has 2 aliphatic heterocycles. The van der Waals surface area contributed by atoms with Gasteiger partial charge in [-0.05, 0) is 13.3 Å². The van der Waals surface area contributed by atoms with Crippen LogP contribution in [0.5, 0.6) is 0 Å². The number of piperazine rings is 1. The molecule has 0 bridgehead atoms. The minimum Gasteiger partial charge on any atom is -0.378 e. The Morgan fingerprint density at radius 2 is 1.50 bits per heavy atom. The summed E-state index contributed by atoms with van der Waals surface area (Å²) in [5, 5.41) is 0. The number of morpholine rings is 1. The third kappa shape index (κ3) is 7.53. The fourth-order valence-corrected chi connectivity index (χ4v) is 2.77. The lowest BCUT2D eigenvalue weighted by molar-refractivity contribution is -0.138. The van der Waals surface area contributed by atoms with Crippen molar-refractivity contribution in [3.8, 4) is 0 Å². The lowest BCUT2D eigenvalue weighted by atomic mass is 10.1. The first-order valence-corrected chi connectivity index (χ1v) is 8.17. The molecule has 1 atom stereocenters. The van der Waals surface area contributed by atoms with Crippen molar-refractivity contribution < 1.29 is 14.3 Å². The van der Waals surface area contributed by atoms with Crippen LogP contribution < -0.4 is 5.73 Å². The largest absolute Gasteiger partial charge is 0.378 e. The van der Waals surface area contributed by atoms with Gasteiger partial charge >= 0.3 is 0 Å². The van der Waals surface area contributed by atoms with E-state index in [9.17, 15) is 9.59 Å². The molecule has 0 radical (unpaired) electrons. The van der Waals surface area contributed by atoms with Crippen LogP contribution in [-0.2, 0) is 14.3 Å². The molecule has 2 saturated heterocycles. The molecule has 2 aliphatic rings. The van der Waals surface area contributed by atoms with Crippen LogP contribution in [0, 0.1) is 0 Å². The molecular formula is C15H30Cl2N4O3. The Hall–Kier alpha value is -0.600.